The number of rotatable bonds is 12. The maximum atomic E-state index is 11.3. The van der Waals surface area contributed by atoms with Crippen LogP contribution in [0, 0.1) is 0 Å². The third-order valence-electron chi connectivity index (χ3n) is 2.84. The van der Waals surface area contributed by atoms with Crippen molar-refractivity contribution in [2.24, 2.45) is 0 Å². The molecule has 20 heavy (non-hydrogen) atoms. The molecule has 0 aliphatic heterocycles. The summed E-state index contributed by atoms with van der Waals surface area (Å²) in [5.74, 6) is -0.964. The van der Waals surface area contributed by atoms with E-state index < -0.39 is 11.9 Å². The van der Waals surface area contributed by atoms with Crippen molar-refractivity contribution in [3.05, 3.63) is 12.2 Å². The largest absolute Gasteiger partial charge is 0.463 e. The highest BCUT2D eigenvalue weighted by Gasteiger charge is 2.01. The summed E-state index contributed by atoms with van der Waals surface area (Å²) < 4.78 is 9.93. The highest BCUT2D eigenvalue weighted by atomic mass is 16.5. The van der Waals surface area contributed by atoms with Crippen molar-refractivity contribution in [2.75, 3.05) is 13.2 Å². The molecule has 0 atom stereocenters. The molecule has 0 radical (unpaired) electrons. The first-order chi connectivity index (χ1) is 9.70. The van der Waals surface area contributed by atoms with Crippen molar-refractivity contribution in [1.29, 1.82) is 0 Å². The van der Waals surface area contributed by atoms with Crippen LogP contribution < -0.4 is 0 Å². The van der Waals surface area contributed by atoms with Gasteiger partial charge < -0.3 is 9.47 Å². The summed E-state index contributed by atoms with van der Waals surface area (Å²) in [5.41, 5.74) is 0. The predicted octanol–water partition coefficient (Wildman–Crippen LogP) is 3.79. The van der Waals surface area contributed by atoms with Gasteiger partial charge in [-0.05, 0) is 12.8 Å². The smallest absolute Gasteiger partial charge is 0.331 e. The monoisotopic (exact) mass is 284 g/mol. The fourth-order valence-electron chi connectivity index (χ4n) is 1.64. The van der Waals surface area contributed by atoms with Gasteiger partial charge in [0.25, 0.3) is 0 Å². The molecule has 4 heteroatoms. The van der Waals surface area contributed by atoms with Crippen LogP contribution in [0.25, 0.3) is 0 Å². The number of carbonyl (C=O) groups is 2. The highest BCUT2D eigenvalue weighted by Crippen LogP contribution is 2.00. The van der Waals surface area contributed by atoms with Crippen LogP contribution in [0.4, 0.5) is 0 Å². The lowest BCUT2D eigenvalue weighted by molar-refractivity contribution is -0.140. The maximum absolute atomic E-state index is 11.3. The molecule has 0 aliphatic rings. The molecule has 0 fully saturated rings. The Morgan fingerprint density at radius 2 is 1.10 bits per heavy atom. The van der Waals surface area contributed by atoms with Crippen LogP contribution in [-0.2, 0) is 19.1 Å². The molecule has 0 aromatic carbocycles. The molecule has 0 amide bonds. The van der Waals surface area contributed by atoms with E-state index in [1.807, 2.05) is 0 Å². The van der Waals surface area contributed by atoms with Crippen molar-refractivity contribution in [1.82, 2.24) is 0 Å². The second-order valence-electron chi connectivity index (χ2n) is 4.79. The Kier molecular flexibility index (Phi) is 13.2. The minimum atomic E-state index is -0.482. The first-order valence-corrected chi connectivity index (χ1v) is 7.72. The van der Waals surface area contributed by atoms with Crippen LogP contribution in [0.3, 0.4) is 0 Å². The summed E-state index contributed by atoms with van der Waals surface area (Å²) in [6.45, 7) is 5.08. The van der Waals surface area contributed by atoms with Gasteiger partial charge >= 0.3 is 11.9 Å². The van der Waals surface area contributed by atoms with E-state index in [1.54, 1.807) is 0 Å². The van der Waals surface area contributed by atoms with Gasteiger partial charge in [-0.3, -0.25) is 0 Å². The van der Waals surface area contributed by atoms with Crippen molar-refractivity contribution >= 4 is 11.9 Å². The predicted molar refractivity (Wildman–Crippen MR) is 79.3 cm³/mol. The summed E-state index contributed by atoms with van der Waals surface area (Å²) in [7, 11) is 0. The lowest BCUT2D eigenvalue weighted by atomic mass is 10.2. The third kappa shape index (κ3) is 13.1. The lowest BCUT2D eigenvalue weighted by Crippen LogP contribution is -2.06. The van der Waals surface area contributed by atoms with E-state index in [2.05, 4.69) is 13.8 Å². The molecule has 0 aromatic heterocycles. The number of hydrogen-bond donors (Lipinski definition) is 0. The average molecular weight is 284 g/mol. The molecule has 0 saturated heterocycles. The first-order valence-electron chi connectivity index (χ1n) is 7.72. The van der Waals surface area contributed by atoms with Crippen LogP contribution in [0.2, 0.25) is 0 Å². The van der Waals surface area contributed by atoms with Crippen LogP contribution in [0.5, 0.6) is 0 Å². The van der Waals surface area contributed by atoms with Gasteiger partial charge in [-0.1, -0.05) is 52.4 Å². The Hall–Kier alpha value is -1.32. The number of carbonyl (C=O) groups excluding carboxylic acids is 2. The Morgan fingerprint density at radius 3 is 1.45 bits per heavy atom. The van der Waals surface area contributed by atoms with Gasteiger partial charge in [-0.15, -0.1) is 0 Å². The summed E-state index contributed by atoms with van der Waals surface area (Å²) in [5, 5.41) is 0. The topological polar surface area (TPSA) is 52.6 Å². The molecule has 0 aliphatic carbocycles. The normalized spacial score (nSPS) is 10.7. The Labute approximate surface area is 122 Å². The second kappa shape index (κ2) is 14.1. The van der Waals surface area contributed by atoms with Gasteiger partial charge in [0.15, 0.2) is 0 Å². The van der Waals surface area contributed by atoms with E-state index in [0.29, 0.717) is 13.2 Å². The molecule has 0 heterocycles. The molecule has 0 rings (SSSR count). The first kappa shape index (κ1) is 18.7. The van der Waals surface area contributed by atoms with E-state index in [4.69, 9.17) is 9.47 Å². The summed E-state index contributed by atoms with van der Waals surface area (Å²) in [4.78, 5) is 22.6. The number of ether oxygens (including phenoxy) is 2. The van der Waals surface area contributed by atoms with Gasteiger partial charge in [0, 0.05) is 12.2 Å². The van der Waals surface area contributed by atoms with Crippen molar-refractivity contribution in [2.45, 2.75) is 65.2 Å². The van der Waals surface area contributed by atoms with Gasteiger partial charge in [0.2, 0.25) is 0 Å². The van der Waals surface area contributed by atoms with Crippen molar-refractivity contribution in [3.63, 3.8) is 0 Å². The summed E-state index contributed by atoms with van der Waals surface area (Å²) in [6.07, 6.45) is 10.7. The fourth-order valence-corrected chi connectivity index (χ4v) is 1.64. The standard InChI is InChI=1S/C16H28O4/c1-3-5-7-9-13-19-15(17)11-12-16(18)20-14-10-8-6-4-2/h11-12H,3-10,13-14H2,1-2H3. The molecule has 116 valence electrons. The average Bonchev–Trinajstić information content (AvgIpc) is 2.44. The zero-order valence-electron chi connectivity index (χ0n) is 12.9. The molecular weight excluding hydrogens is 256 g/mol. The Morgan fingerprint density at radius 1 is 0.700 bits per heavy atom. The third-order valence-corrected chi connectivity index (χ3v) is 2.84. The summed E-state index contributed by atoms with van der Waals surface area (Å²) in [6, 6.07) is 0. The molecule has 0 aromatic rings. The van der Waals surface area contributed by atoms with Gasteiger partial charge in [-0.25, -0.2) is 9.59 Å². The zero-order chi connectivity index (χ0) is 15.1. The summed E-state index contributed by atoms with van der Waals surface area (Å²) >= 11 is 0. The SMILES string of the molecule is CCCCCCOC(=O)C=CC(=O)OCCCCCC. The van der Waals surface area contributed by atoms with Crippen molar-refractivity contribution in [3.8, 4) is 0 Å². The number of hydrogen-bond acceptors (Lipinski definition) is 4. The van der Waals surface area contributed by atoms with Gasteiger partial charge in [0.1, 0.15) is 0 Å². The highest BCUT2D eigenvalue weighted by molar-refractivity contribution is 5.91. The Balaban J connectivity index is 3.54. The minimum absolute atomic E-state index is 0.412. The molecule has 0 unspecified atom stereocenters. The molecule has 0 spiro atoms. The molecule has 0 bridgehead atoms. The quantitative estimate of drug-likeness (QED) is 0.311. The van der Waals surface area contributed by atoms with Crippen LogP contribution in [0.15, 0.2) is 12.2 Å². The fraction of sp³-hybridized carbons (Fsp3) is 0.750. The second-order valence-corrected chi connectivity index (χ2v) is 4.79. The minimum Gasteiger partial charge on any atom is -0.463 e. The van der Waals surface area contributed by atoms with Crippen LogP contribution >= 0.6 is 0 Å². The van der Waals surface area contributed by atoms with Crippen molar-refractivity contribution < 1.29 is 19.1 Å². The van der Waals surface area contributed by atoms with E-state index >= 15 is 0 Å². The number of esters is 2. The van der Waals surface area contributed by atoms with E-state index in [9.17, 15) is 9.59 Å². The van der Waals surface area contributed by atoms with Gasteiger partial charge in [0.05, 0.1) is 13.2 Å². The zero-order valence-corrected chi connectivity index (χ0v) is 12.9. The maximum Gasteiger partial charge on any atom is 0.331 e. The van der Waals surface area contributed by atoms with E-state index in [1.165, 1.54) is 0 Å². The van der Waals surface area contributed by atoms with Crippen LogP contribution in [-0.4, -0.2) is 25.2 Å². The van der Waals surface area contributed by atoms with Crippen LogP contribution in [0.1, 0.15) is 65.2 Å². The molecular formula is C16H28O4. The molecule has 4 nitrogen and oxygen atoms in total. The van der Waals surface area contributed by atoms with E-state index in [-0.39, 0.29) is 0 Å². The van der Waals surface area contributed by atoms with Gasteiger partial charge in [-0.2, -0.15) is 0 Å². The number of unbranched alkanes of at least 4 members (excludes halogenated alkanes) is 6. The molecule has 0 N–H and O–H groups in total. The lowest BCUT2D eigenvalue weighted by Gasteiger charge is -2.02. The Bertz CT molecular complexity index is 256. The molecule has 0 saturated carbocycles. The van der Waals surface area contributed by atoms with E-state index in [0.717, 1.165) is 63.5 Å².